The molecule has 0 bridgehead atoms. The zero-order valence-electron chi connectivity index (χ0n) is 13.3. The van der Waals surface area contributed by atoms with Crippen molar-refractivity contribution in [2.45, 2.75) is 13.3 Å². The van der Waals surface area contributed by atoms with Gasteiger partial charge in [-0.1, -0.05) is 48.9 Å². The summed E-state index contributed by atoms with van der Waals surface area (Å²) >= 11 is 5.95. The Kier molecular flexibility index (Phi) is 4.96. The van der Waals surface area contributed by atoms with Gasteiger partial charge in [-0.15, -0.1) is 0 Å². The molecule has 1 N–H and O–H groups in total. The topological polar surface area (TPSA) is 51.2 Å². The van der Waals surface area contributed by atoms with Gasteiger partial charge in [0, 0.05) is 16.0 Å². The molecule has 0 saturated carbocycles. The number of hydrogen-bond donors (Lipinski definition) is 1. The van der Waals surface area contributed by atoms with Crippen molar-refractivity contribution in [2.75, 3.05) is 11.9 Å². The lowest BCUT2D eigenvalue weighted by molar-refractivity contribution is 0.162. The van der Waals surface area contributed by atoms with Gasteiger partial charge in [-0.05, 0) is 30.7 Å². The summed E-state index contributed by atoms with van der Waals surface area (Å²) in [5.74, 6) is 0. The smallest absolute Gasteiger partial charge is 0.411 e. The molecule has 4 nitrogen and oxygen atoms in total. The van der Waals surface area contributed by atoms with Crippen LogP contribution in [0.1, 0.15) is 13.3 Å². The maximum Gasteiger partial charge on any atom is 0.411 e. The minimum Gasteiger partial charge on any atom is -0.449 e. The van der Waals surface area contributed by atoms with Gasteiger partial charge >= 0.3 is 6.09 Å². The molecule has 0 fully saturated rings. The first-order chi connectivity index (χ1) is 11.7. The van der Waals surface area contributed by atoms with Gasteiger partial charge in [-0.2, -0.15) is 0 Å². The van der Waals surface area contributed by atoms with Crippen molar-refractivity contribution >= 4 is 34.3 Å². The van der Waals surface area contributed by atoms with Crippen molar-refractivity contribution in [3.63, 3.8) is 0 Å². The maximum absolute atomic E-state index is 11.9. The highest BCUT2D eigenvalue weighted by Crippen LogP contribution is 2.29. The van der Waals surface area contributed by atoms with Crippen LogP contribution in [0.3, 0.4) is 0 Å². The van der Waals surface area contributed by atoms with Gasteiger partial charge in [0.05, 0.1) is 23.5 Å². The molecule has 1 heterocycles. The summed E-state index contributed by atoms with van der Waals surface area (Å²) < 4.78 is 5.12. The largest absolute Gasteiger partial charge is 0.449 e. The highest BCUT2D eigenvalue weighted by molar-refractivity contribution is 6.30. The van der Waals surface area contributed by atoms with E-state index < -0.39 is 6.09 Å². The van der Waals surface area contributed by atoms with E-state index in [1.165, 1.54) is 0 Å². The fraction of sp³-hybridized carbons (Fsp3) is 0.158. The molecule has 0 aliphatic rings. The number of carbonyl (C=O) groups is 1. The highest BCUT2D eigenvalue weighted by Gasteiger charge is 2.10. The molecule has 0 spiro atoms. The number of carbonyl (C=O) groups excluding carboxylic acids is 1. The number of fused-ring (bicyclic) bond motifs is 1. The molecule has 0 aliphatic heterocycles. The van der Waals surface area contributed by atoms with Crippen LogP contribution in [0.25, 0.3) is 22.2 Å². The van der Waals surface area contributed by atoms with Gasteiger partial charge in [0.15, 0.2) is 0 Å². The van der Waals surface area contributed by atoms with Gasteiger partial charge in [0.1, 0.15) is 0 Å². The minimum atomic E-state index is -0.463. The number of nitrogens with zero attached hydrogens (tertiary/aromatic N) is 1. The van der Waals surface area contributed by atoms with E-state index >= 15 is 0 Å². The number of pyridine rings is 1. The zero-order chi connectivity index (χ0) is 16.9. The van der Waals surface area contributed by atoms with Crippen LogP contribution in [0, 0.1) is 0 Å². The predicted molar refractivity (Wildman–Crippen MR) is 97.5 cm³/mol. The summed E-state index contributed by atoms with van der Waals surface area (Å²) in [6.07, 6.45) is 0.316. The molecule has 3 rings (SSSR count). The lowest BCUT2D eigenvalue weighted by Gasteiger charge is -2.11. The van der Waals surface area contributed by atoms with Crippen LogP contribution in [0.15, 0.2) is 54.6 Å². The molecule has 0 radical (unpaired) electrons. The molecule has 0 atom stereocenters. The van der Waals surface area contributed by atoms with Crippen molar-refractivity contribution in [1.29, 1.82) is 0 Å². The van der Waals surface area contributed by atoms with E-state index in [9.17, 15) is 4.79 Å². The van der Waals surface area contributed by atoms with Crippen LogP contribution in [0.2, 0.25) is 5.02 Å². The average Bonchev–Trinajstić information content (AvgIpc) is 2.60. The molecule has 5 heteroatoms. The standard InChI is InChI=1S/C19H17ClN2O2/c1-2-11-24-19(23)22-18-12-17(13-7-9-14(20)10-8-13)21-16-6-4-3-5-15(16)18/h3-10,12H,2,11H2,1H3,(H,21,22,23). The van der Waals surface area contributed by atoms with Crippen LogP contribution in [0.4, 0.5) is 10.5 Å². The van der Waals surface area contributed by atoms with Gasteiger partial charge in [-0.25, -0.2) is 9.78 Å². The lowest BCUT2D eigenvalue weighted by Crippen LogP contribution is -2.14. The zero-order valence-corrected chi connectivity index (χ0v) is 14.0. The van der Waals surface area contributed by atoms with Crippen LogP contribution >= 0.6 is 11.6 Å². The molecule has 0 saturated heterocycles. The molecule has 1 aromatic heterocycles. The number of benzene rings is 2. The third kappa shape index (κ3) is 3.66. The summed E-state index contributed by atoms with van der Waals surface area (Å²) in [5, 5.41) is 4.35. The quantitative estimate of drug-likeness (QED) is 0.681. The van der Waals surface area contributed by atoms with Crippen LogP contribution in [-0.4, -0.2) is 17.7 Å². The lowest BCUT2D eigenvalue weighted by atomic mass is 10.1. The number of aromatic nitrogens is 1. The van der Waals surface area contributed by atoms with E-state index in [1.54, 1.807) is 0 Å². The van der Waals surface area contributed by atoms with Crippen molar-refractivity contribution in [1.82, 2.24) is 4.98 Å². The predicted octanol–water partition coefficient (Wildman–Crippen LogP) is 5.51. The Bertz CT molecular complexity index is 863. The summed E-state index contributed by atoms with van der Waals surface area (Å²) in [5.41, 5.74) is 3.16. The van der Waals surface area contributed by atoms with Gasteiger partial charge < -0.3 is 4.74 Å². The van der Waals surface area contributed by atoms with E-state index in [0.717, 1.165) is 28.6 Å². The van der Waals surface area contributed by atoms with E-state index in [1.807, 2.05) is 61.5 Å². The van der Waals surface area contributed by atoms with Gasteiger partial charge in [-0.3, -0.25) is 5.32 Å². The second-order valence-corrected chi connectivity index (χ2v) is 5.78. The van der Waals surface area contributed by atoms with Crippen molar-refractivity contribution in [3.8, 4) is 11.3 Å². The van der Waals surface area contributed by atoms with Crippen LogP contribution in [0.5, 0.6) is 0 Å². The van der Waals surface area contributed by atoms with Crippen LogP contribution < -0.4 is 5.32 Å². The Morgan fingerprint density at radius 3 is 2.67 bits per heavy atom. The third-order valence-electron chi connectivity index (χ3n) is 3.53. The van der Waals surface area contributed by atoms with E-state index in [-0.39, 0.29) is 0 Å². The number of halogens is 1. The molecule has 3 aromatic rings. The molecule has 0 unspecified atom stereocenters. The first-order valence-electron chi connectivity index (χ1n) is 7.77. The Labute approximate surface area is 145 Å². The van der Waals surface area contributed by atoms with E-state index in [0.29, 0.717) is 17.3 Å². The third-order valence-corrected chi connectivity index (χ3v) is 3.78. The summed E-state index contributed by atoms with van der Waals surface area (Å²) in [7, 11) is 0. The van der Waals surface area contributed by atoms with E-state index in [2.05, 4.69) is 10.3 Å². The number of para-hydroxylation sites is 1. The van der Waals surface area contributed by atoms with Gasteiger partial charge in [0.2, 0.25) is 0 Å². The van der Waals surface area contributed by atoms with Gasteiger partial charge in [0.25, 0.3) is 0 Å². The Hall–Kier alpha value is -2.59. The molecular formula is C19H17ClN2O2. The number of rotatable bonds is 4. The average molecular weight is 341 g/mol. The molecule has 0 aliphatic carbocycles. The first kappa shape index (κ1) is 16.3. The highest BCUT2D eigenvalue weighted by atomic mass is 35.5. The Balaban J connectivity index is 2.02. The Morgan fingerprint density at radius 1 is 1.17 bits per heavy atom. The number of anilines is 1. The fourth-order valence-electron chi connectivity index (χ4n) is 2.39. The van der Waals surface area contributed by atoms with Crippen molar-refractivity contribution in [3.05, 3.63) is 59.6 Å². The fourth-order valence-corrected chi connectivity index (χ4v) is 2.51. The minimum absolute atomic E-state index is 0.388. The van der Waals surface area contributed by atoms with E-state index in [4.69, 9.17) is 16.3 Å². The van der Waals surface area contributed by atoms with Crippen LogP contribution in [-0.2, 0) is 4.74 Å². The number of ether oxygens (including phenoxy) is 1. The Morgan fingerprint density at radius 2 is 1.92 bits per heavy atom. The first-order valence-corrected chi connectivity index (χ1v) is 8.14. The summed E-state index contributed by atoms with van der Waals surface area (Å²) in [6, 6.07) is 16.9. The summed E-state index contributed by atoms with van der Waals surface area (Å²) in [6.45, 7) is 2.34. The number of amides is 1. The molecule has 2 aromatic carbocycles. The second kappa shape index (κ2) is 7.32. The number of hydrogen-bond acceptors (Lipinski definition) is 3. The monoisotopic (exact) mass is 340 g/mol. The van der Waals surface area contributed by atoms with Crippen molar-refractivity contribution < 1.29 is 9.53 Å². The molecule has 1 amide bonds. The normalized spacial score (nSPS) is 10.6. The molecular weight excluding hydrogens is 324 g/mol. The second-order valence-electron chi connectivity index (χ2n) is 5.34. The summed E-state index contributed by atoms with van der Waals surface area (Å²) in [4.78, 5) is 16.6. The molecule has 122 valence electrons. The maximum atomic E-state index is 11.9. The number of nitrogens with one attached hydrogen (secondary N) is 1. The van der Waals surface area contributed by atoms with Crippen molar-refractivity contribution in [2.24, 2.45) is 0 Å². The SMILES string of the molecule is CCCOC(=O)Nc1cc(-c2ccc(Cl)cc2)nc2ccccc12. The molecule has 24 heavy (non-hydrogen) atoms.